The molecule has 1 aliphatic heterocycles. The minimum absolute atomic E-state index is 0.0858. The minimum Gasteiger partial charge on any atom is -0.546 e. The fourth-order valence-electron chi connectivity index (χ4n) is 2.73. The van der Waals surface area contributed by atoms with Crippen molar-refractivity contribution in [3.05, 3.63) is 64.1 Å². The molecule has 2 aromatic rings. The average molecular weight is 409 g/mol. The number of hydrogen-bond donors (Lipinski definition) is 0. The Morgan fingerprint density at radius 3 is 2.52 bits per heavy atom. The molecule has 150 valence electrons. The van der Waals surface area contributed by atoms with Crippen LogP contribution < -0.4 is 9.84 Å². The maximum Gasteiger partial charge on any atom is 0.266 e. The summed E-state index contributed by atoms with van der Waals surface area (Å²) in [6, 6.07) is 12.8. The van der Waals surface area contributed by atoms with Gasteiger partial charge in [0.2, 0.25) is 0 Å². The average Bonchev–Trinajstić information content (AvgIpc) is 2.98. The van der Waals surface area contributed by atoms with Gasteiger partial charge in [-0.3, -0.25) is 9.69 Å². The van der Waals surface area contributed by atoms with E-state index in [1.54, 1.807) is 35.2 Å². The number of amides is 1. The van der Waals surface area contributed by atoms with E-state index < -0.39 is 12.6 Å². The number of carboxylic acid groups (broad SMARTS) is 1. The van der Waals surface area contributed by atoms with E-state index in [1.165, 1.54) is 17.3 Å². The van der Waals surface area contributed by atoms with Crippen LogP contribution in [0.4, 0.5) is 5.69 Å². The van der Waals surface area contributed by atoms with E-state index in [0.717, 1.165) is 16.8 Å². The predicted octanol–water partition coefficient (Wildman–Crippen LogP) is 3.06. The van der Waals surface area contributed by atoms with Crippen molar-refractivity contribution in [2.45, 2.75) is 20.8 Å². The van der Waals surface area contributed by atoms with Gasteiger partial charge in [-0.15, -0.1) is 0 Å². The number of carboxylic acids is 1. The van der Waals surface area contributed by atoms with Crippen LogP contribution in [0, 0.1) is 13.8 Å². The lowest BCUT2D eigenvalue weighted by Crippen LogP contribution is -2.28. The number of thioether (sulfide) groups is 1. The van der Waals surface area contributed by atoms with Crippen LogP contribution in [0.3, 0.4) is 0 Å². The molecule has 2 aromatic carbocycles. The van der Waals surface area contributed by atoms with E-state index in [1.807, 2.05) is 39.0 Å². The van der Waals surface area contributed by atoms with Gasteiger partial charge in [0.25, 0.3) is 5.91 Å². The van der Waals surface area contributed by atoms with E-state index in [4.69, 9.17) is 4.74 Å². The van der Waals surface area contributed by atoms with Crippen molar-refractivity contribution in [2.24, 2.45) is 4.99 Å². The van der Waals surface area contributed by atoms with E-state index in [9.17, 15) is 14.7 Å². The maximum absolute atomic E-state index is 12.8. The molecule has 1 heterocycles. The molecule has 6 nitrogen and oxygen atoms in total. The lowest BCUT2D eigenvalue weighted by molar-refractivity contribution is -0.307. The molecule has 0 bridgehead atoms. The summed E-state index contributed by atoms with van der Waals surface area (Å²) in [5.41, 5.74) is 3.98. The van der Waals surface area contributed by atoms with Crippen LogP contribution in [0.1, 0.15) is 23.6 Å². The zero-order chi connectivity index (χ0) is 21.0. The largest absolute Gasteiger partial charge is 0.546 e. The first kappa shape index (κ1) is 20.7. The Bertz CT molecular complexity index is 996. The third-order valence-electron chi connectivity index (χ3n) is 4.45. The van der Waals surface area contributed by atoms with Gasteiger partial charge in [0.15, 0.2) is 5.17 Å². The Kier molecular flexibility index (Phi) is 6.39. The number of ether oxygens (including phenoxy) is 1. The summed E-state index contributed by atoms with van der Waals surface area (Å²) >= 11 is 1.34. The number of carbonyl (C=O) groups is 2. The quantitative estimate of drug-likeness (QED) is 0.685. The molecule has 1 saturated heterocycles. The second kappa shape index (κ2) is 8.96. The van der Waals surface area contributed by atoms with Gasteiger partial charge in [-0.2, -0.15) is 0 Å². The van der Waals surface area contributed by atoms with Crippen LogP contribution in [0.2, 0.25) is 0 Å². The molecule has 0 aliphatic carbocycles. The molecule has 0 aromatic heterocycles. The predicted molar refractivity (Wildman–Crippen MR) is 113 cm³/mol. The van der Waals surface area contributed by atoms with Gasteiger partial charge in [-0.1, -0.05) is 18.2 Å². The normalized spacial score (nSPS) is 16.7. The Hall–Kier alpha value is -3.06. The van der Waals surface area contributed by atoms with Crippen molar-refractivity contribution in [3.8, 4) is 5.75 Å². The van der Waals surface area contributed by atoms with Crippen molar-refractivity contribution in [3.63, 3.8) is 0 Å². The summed E-state index contributed by atoms with van der Waals surface area (Å²) in [4.78, 5) is 30.1. The number of carbonyl (C=O) groups excluding carboxylic acids is 2. The molecule has 1 aliphatic rings. The molecule has 1 amide bonds. The number of aryl methyl sites for hydroxylation is 2. The number of rotatable bonds is 6. The molecule has 0 radical (unpaired) electrons. The van der Waals surface area contributed by atoms with Gasteiger partial charge in [0, 0.05) is 6.54 Å². The first-order chi connectivity index (χ1) is 13.9. The highest BCUT2D eigenvalue weighted by atomic mass is 32.2. The Morgan fingerprint density at radius 1 is 1.17 bits per heavy atom. The van der Waals surface area contributed by atoms with Crippen LogP contribution in [0.5, 0.6) is 5.75 Å². The van der Waals surface area contributed by atoms with Crippen molar-refractivity contribution in [2.75, 3.05) is 13.2 Å². The fraction of sp³-hybridized carbons (Fsp3) is 0.227. The van der Waals surface area contributed by atoms with Gasteiger partial charge in [0.1, 0.15) is 12.4 Å². The monoisotopic (exact) mass is 409 g/mol. The van der Waals surface area contributed by atoms with E-state index >= 15 is 0 Å². The number of benzene rings is 2. The van der Waals surface area contributed by atoms with Gasteiger partial charge < -0.3 is 14.6 Å². The molecule has 3 rings (SSSR count). The number of hydrogen-bond acceptors (Lipinski definition) is 6. The second-order valence-electron chi connectivity index (χ2n) is 6.55. The molecule has 29 heavy (non-hydrogen) atoms. The van der Waals surface area contributed by atoms with Crippen molar-refractivity contribution >= 4 is 40.6 Å². The molecular weight excluding hydrogens is 388 g/mol. The number of likely N-dealkylation sites (N-methyl/N-ethyl adjacent to an activating group) is 1. The maximum atomic E-state index is 12.8. The zero-order valence-electron chi connectivity index (χ0n) is 16.5. The highest BCUT2D eigenvalue weighted by Gasteiger charge is 2.32. The molecule has 0 spiro atoms. The molecule has 0 N–H and O–H groups in total. The minimum atomic E-state index is -1.28. The summed E-state index contributed by atoms with van der Waals surface area (Å²) in [5, 5.41) is 11.1. The van der Waals surface area contributed by atoms with Crippen LogP contribution in [0.15, 0.2) is 52.4 Å². The lowest BCUT2D eigenvalue weighted by atomic mass is 10.1. The third kappa shape index (κ3) is 5.06. The smallest absolute Gasteiger partial charge is 0.266 e. The third-order valence-corrected chi connectivity index (χ3v) is 5.46. The standard InChI is InChI=1S/C22H22N2O4S/c1-4-24-21(27)19(12-16-6-9-18(10-7-16)28-13-20(25)26)29-22(24)23-17-8-5-14(2)15(3)11-17/h5-12H,4,13H2,1-3H3,(H,25,26)/p-1/b19-12-,23-22?. The Morgan fingerprint density at radius 2 is 1.90 bits per heavy atom. The summed E-state index contributed by atoms with van der Waals surface area (Å²) < 4.78 is 5.07. The van der Waals surface area contributed by atoms with Crippen LogP contribution in [-0.2, 0) is 9.59 Å². The van der Waals surface area contributed by atoms with Gasteiger partial charge >= 0.3 is 0 Å². The van der Waals surface area contributed by atoms with Crippen LogP contribution >= 0.6 is 11.8 Å². The fourth-order valence-corrected chi connectivity index (χ4v) is 3.79. The van der Waals surface area contributed by atoms with Crippen molar-refractivity contribution in [1.82, 2.24) is 4.90 Å². The Balaban J connectivity index is 1.81. The SMILES string of the molecule is CCN1C(=O)/C(=C/c2ccc(OCC(=O)[O-])cc2)SC1=Nc1ccc(C)c(C)c1. The highest BCUT2D eigenvalue weighted by molar-refractivity contribution is 8.18. The number of aliphatic carboxylic acids is 1. The highest BCUT2D eigenvalue weighted by Crippen LogP contribution is 2.34. The number of aliphatic imine (C=N–C) groups is 1. The number of amidine groups is 1. The molecule has 1 fully saturated rings. The first-order valence-corrected chi connectivity index (χ1v) is 9.99. The lowest BCUT2D eigenvalue weighted by Gasteiger charge is -2.12. The summed E-state index contributed by atoms with van der Waals surface area (Å²) in [6.07, 6.45) is 1.79. The Labute approximate surface area is 173 Å². The molecule has 0 unspecified atom stereocenters. The van der Waals surface area contributed by atoms with E-state index in [0.29, 0.717) is 22.4 Å². The molecular formula is C22H21N2O4S-. The summed E-state index contributed by atoms with van der Waals surface area (Å²) in [6.45, 7) is 6.03. The zero-order valence-corrected chi connectivity index (χ0v) is 17.3. The topological polar surface area (TPSA) is 82.0 Å². The van der Waals surface area contributed by atoms with Gasteiger partial charge in [0.05, 0.1) is 16.6 Å². The number of nitrogens with zero attached hydrogens (tertiary/aromatic N) is 2. The van der Waals surface area contributed by atoms with Gasteiger partial charge in [-0.25, -0.2) is 4.99 Å². The van der Waals surface area contributed by atoms with Crippen molar-refractivity contribution in [1.29, 1.82) is 0 Å². The van der Waals surface area contributed by atoms with Gasteiger partial charge in [-0.05, 0) is 79.6 Å². The van der Waals surface area contributed by atoms with E-state index in [-0.39, 0.29) is 5.91 Å². The van der Waals surface area contributed by atoms with E-state index in [2.05, 4.69) is 4.99 Å². The summed E-state index contributed by atoms with van der Waals surface area (Å²) in [7, 11) is 0. The second-order valence-corrected chi connectivity index (χ2v) is 7.56. The molecule has 0 saturated carbocycles. The first-order valence-electron chi connectivity index (χ1n) is 9.17. The molecule has 0 atom stereocenters. The van der Waals surface area contributed by atoms with Crippen LogP contribution in [0.25, 0.3) is 6.08 Å². The van der Waals surface area contributed by atoms with Crippen LogP contribution in [-0.4, -0.2) is 35.1 Å². The van der Waals surface area contributed by atoms with Crippen molar-refractivity contribution < 1.29 is 19.4 Å². The summed E-state index contributed by atoms with van der Waals surface area (Å²) in [5.74, 6) is -0.939. The molecule has 7 heteroatoms.